The minimum absolute atomic E-state index is 0. The molecule has 1 aromatic rings. The van der Waals surface area contributed by atoms with Crippen LogP contribution in [0.2, 0.25) is 0 Å². The summed E-state index contributed by atoms with van der Waals surface area (Å²) in [5.74, 6) is 1.17. The molecule has 0 aliphatic heterocycles. The molecule has 0 heterocycles. The minimum Gasteiger partial charge on any atom is -0.366 e. The first-order chi connectivity index (χ1) is 12.1. The maximum absolute atomic E-state index is 13.3. The average Bonchev–Trinajstić information content (AvgIpc) is 3.00. The van der Waals surface area contributed by atoms with Gasteiger partial charge in [0.05, 0.1) is 6.61 Å². The summed E-state index contributed by atoms with van der Waals surface area (Å²) in [4.78, 5) is 25.6. The van der Waals surface area contributed by atoms with Gasteiger partial charge in [0.2, 0.25) is 0 Å². The van der Waals surface area contributed by atoms with Gasteiger partial charge in [-0.15, -0.1) is 0 Å². The monoisotopic (exact) mass is 408 g/mol. The summed E-state index contributed by atoms with van der Waals surface area (Å²) in [5.41, 5.74) is 1.09. The molecule has 1 aromatic carbocycles. The predicted octanol–water partition coefficient (Wildman–Crippen LogP) is 5.97. The topological polar surface area (TPSA) is 43.4 Å². The van der Waals surface area contributed by atoms with E-state index in [1.54, 1.807) is 0 Å². The average molecular weight is 409 g/mol. The van der Waals surface area contributed by atoms with Crippen LogP contribution in [0.4, 0.5) is 0 Å². The molecule has 0 radical (unpaired) electrons. The molecule has 3 rings (SSSR count). The Bertz CT molecular complexity index is 599. The summed E-state index contributed by atoms with van der Waals surface area (Å²) in [6.07, 6.45) is 5.02. The highest BCUT2D eigenvalue weighted by molar-refractivity contribution is 7.59. The van der Waals surface area contributed by atoms with E-state index in [-0.39, 0.29) is 46.0 Å². The van der Waals surface area contributed by atoms with Crippen molar-refractivity contribution < 1.29 is 14.3 Å². The van der Waals surface area contributed by atoms with Crippen molar-refractivity contribution in [1.82, 2.24) is 0 Å². The first-order valence-electron chi connectivity index (χ1n) is 9.78. The van der Waals surface area contributed by atoms with Gasteiger partial charge < -0.3 is 4.74 Å². The maximum atomic E-state index is 13.3. The van der Waals surface area contributed by atoms with Crippen molar-refractivity contribution in [2.24, 2.45) is 23.7 Å². The van der Waals surface area contributed by atoms with E-state index in [0.717, 1.165) is 37.7 Å². The van der Waals surface area contributed by atoms with Crippen LogP contribution >= 0.6 is 13.5 Å². The van der Waals surface area contributed by atoms with Crippen molar-refractivity contribution in [2.75, 3.05) is 0 Å². The quantitative estimate of drug-likeness (QED) is 0.558. The lowest BCUT2D eigenvalue weighted by molar-refractivity contribution is -0.143. The number of fused-ring (bicyclic) bond motifs is 1. The van der Waals surface area contributed by atoms with E-state index in [1.165, 1.54) is 0 Å². The zero-order valence-corrected chi connectivity index (χ0v) is 16.9. The van der Waals surface area contributed by atoms with Crippen LogP contribution in [0.1, 0.15) is 72.8 Å². The molecular formula is C24H40O3S. The largest absolute Gasteiger partial charge is 0.366 e. The Morgan fingerprint density at radius 3 is 2.43 bits per heavy atom. The number of ether oxygens (including phenoxy) is 1. The van der Waals surface area contributed by atoms with E-state index in [0.29, 0.717) is 30.6 Å². The van der Waals surface area contributed by atoms with Crippen LogP contribution in [0.5, 0.6) is 0 Å². The van der Waals surface area contributed by atoms with Crippen molar-refractivity contribution in [3.8, 4) is 0 Å². The highest BCUT2D eigenvalue weighted by atomic mass is 32.1. The molecule has 4 atom stereocenters. The van der Waals surface area contributed by atoms with Crippen molar-refractivity contribution in [3.05, 3.63) is 35.9 Å². The zero-order valence-electron chi connectivity index (χ0n) is 15.9. The van der Waals surface area contributed by atoms with Gasteiger partial charge in [-0.3, -0.25) is 9.59 Å². The molecule has 1 unspecified atom stereocenters. The SMILES string of the molecule is C.C.CC(C)C[C@H](OCc1ccccc1)C(=O)C1CCC[C@H]2CCC(=O)[C@@H]12.S. The number of hydrogen-bond acceptors (Lipinski definition) is 3. The maximum Gasteiger partial charge on any atom is 0.165 e. The summed E-state index contributed by atoms with van der Waals surface area (Å²) in [5, 5.41) is 0. The summed E-state index contributed by atoms with van der Waals surface area (Å²) in [6, 6.07) is 10.00. The first kappa shape index (κ1) is 26.9. The van der Waals surface area contributed by atoms with Gasteiger partial charge in [0.15, 0.2) is 5.78 Å². The molecule has 0 amide bonds. The molecule has 2 aliphatic rings. The third kappa shape index (κ3) is 6.45. The third-order valence-electron chi connectivity index (χ3n) is 5.83. The molecule has 0 N–H and O–H groups in total. The molecule has 3 nitrogen and oxygen atoms in total. The molecule has 2 aliphatic carbocycles. The highest BCUT2D eigenvalue weighted by Crippen LogP contribution is 2.44. The smallest absolute Gasteiger partial charge is 0.165 e. The van der Waals surface area contributed by atoms with E-state index >= 15 is 0 Å². The van der Waals surface area contributed by atoms with E-state index in [9.17, 15) is 9.59 Å². The van der Waals surface area contributed by atoms with Crippen LogP contribution in [0, 0.1) is 23.7 Å². The fourth-order valence-corrected chi connectivity index (χ4v) is 4.62. The molecule has 0 bridgehead atoms. The molecule has 160 valence electrons. The Kier molecular flexibility index (Phi) is 11.9. The van der Waals surface area contributed by atoms with Crippen molar-refractivity contribution in [3.63, 3.8) is 0 Å². The first-order valence-corrected chi connectivity index (χ1v) is 9.78. The van der Waals surface area contributed by atoms with Gasteiger partial charge in [-0.05, 0) is 43.1 Å². The second-order valence-electron chi connectivity index (χ2n) is 8.15. The Morgan fingerprint density at radius 1 is 1.11 bits per heavy atom. The highest BCUT2D eigenvalue weighted by Gasteiger charge is 2.46. The number of ketones is 2. The Labute approximate surface area is 179 Å². The van der Waals surface area contributed by atoms with Gasteiger partial charge in [-0.1, -0.05) is 65.5 Å². The van der Waals surface area contributed by atoms with Crippen LogP contribution < -0.4 is 0 Å². The number of benzene rings is 1. The van der Waals surface area contributed by atoms with E-state index in [1.807, 2.05) is 30.3 Å². The second-order valence-corrected chi connectivity index (χ2v) is 8.15. The molecule has 0 saturated heterocycles. The molecule has 0 spiro atoms. The lowest BCUT2D eigenvalue weighted by atomic mass is 9.70. The zero-order chi connectivity index (χ0) is 17.8. The van der Waals surface area contributed by atoms with Gasteiger partial charge in [0.1, 0.15) is 11.9 Å². The fraction of sp³-hybridized carbons (Fsp3) is 0.667. The molecule has 28 heavy (non-hydrogen) atoms. The lowest BCUT2D eigenvalue weighted by Gasteiger charge is -2.34. The van der Waals surface area contributed by atoms with Crippen molar-refractivity contribution in [2.45, 2.75) is 79.9 Å². The van der Waals surface area contributed by atoms with Gasteiger partial charge >= 0.3 is 0 Å². The van der Waals surface area contributed by atoms with Crippen LogP contribution in [0.3, 0.4) is 0 Å². The lowest BCUT2D eigenvalue weighted by Crippen LogP contribution is -2.40. The van der Waals surface area contributed by atoms with Crippen molar-refractivity contribution >= 4 is 25.1 Å². The van der Waals surface area contributed by atoms with E-state index < -0.39 is 6.10 Å². The number of carbonyl (C=O) groups is 2. The van der Waals surface area contributed by atoms with E-state index in [4.69, 9.17) is 4.74 Å². The Morgan fingerprint density at radius 2 is 1.79 bits per heavy atom. The van der Waals surface area contributed by atoms with Crippen LogP contribution in [-0.2, 0) is 20.9 Å². The predicted molar refractivity (Wildman–Crippen MR) is 122 cm³/mol. The van der Waals surface area contributed by atoms with Gasteiger partial charge in [0, 0.05) is 18.3 Å². The molecule has 4 heteroatoms. The number of carbonyl (C=O) groups excluding carboxylic acids is 2. The second kappa shape index (κ2) is 12.4. The normalized spacial score (nSPS) is 24.4. The van der Waals surface area contributed by atoms with Crippen molar-refractivity contribution in [1.29, 1.82) is 0 Å². The van der Waals surface area contributed by atoms with Crippen LogP contribution in [-0.4, -0.2) is 17.7 Å². The fourth-order valence-electron chi connectivity index (χ4n) is 4.62. The van der Waals surface area contributed by atoms with E-state index in [2.05, 4.69) is 13.8 Å². The summed E-state index contributed by atoms with van der Waals surface area (Å²) in [6.45, 7) is 4.70. The molecule has 0 aromatic heterocycles. The Hall–Kier alpha value is -1.13. The number of rotatable bonds is 7. The third-order valence-corrected chi connectivity index (χ3v) is 5.83. The minimum atomic E-state index is -0.391. The van der Waals surface area contributed by atoms with Crippen LogP contribution in [0.15, 0.2) is 30.3 Å². The molecular weight excluding hydrogens is 368 g/mol. The number of Topliss-reactive ketones (excluding diaryl/α,β-unsaturated/α-hetero) is 2. The summed E-state index contributed by atoms with van der Waals surface area (Å²) < 4.78 is 6.08. The summed E-state index contributed by atoms with van der Waals surface area (Å²) >= 11 is 0. The van der Waals surface area contributed by atoms with Crippen LogP contribution in [0.25, 0.3) is 0 Å². The molecule has 2 fully saturated rings. The summed E-state index contributed by atoms with van der Waals surface area (Å²) in [7, 11) is 0. The number of hydrogen-bond donors (Lipinski definition) is 0. The molecule has 2 saturated carbocycles. The van der Waals surface area contributed by atoms with Gasteiger partial charge in [0.25, 0.3) is 0 Å². The van der Waals surface area contributed by atoms with Gasteiger partial charge in [-0.2, -0.15) is 13.5 Å². The van der Waals surface area contributed by atoms with Gasteiger partial charge in [-0.25, -0.2) is 0 Å². The standard InChI is InChI=1S/C22H30O3.2CH4.H2S/c1-15(2)13-20(25-14-16-7-4-3-5-8-16)22(24)18-10-6-9-17-11-12-19(23)21(17)18;;;/h3-5,7-8,15,17-18,20-21H,6,9-14H2,1-2H3;2*1H4;1H2/t17-,18?,20-,21+;;;/m0.../s1. The Balaban J connectivity index is 0.00000243.